The zero-order chi connectivity index (χ0) is 15.2. The van der Waals surface area contributed by atoms with Gasteiger partial charge in [-0.3, -0.25) is 4.79 Å². The topological polar surface area (TPSA) is 38.3 Å². The van der Waals surface area contributed by atoms with E-state index in [0.717, 1.165) is 5.56 Å². The second-order valence-corrected chi connectivity index (χ2v) is 5.31. The third kappa shape index (κ3) is 4.21. The van der Waals surface area contributed by atoms with Crippen molar-refractivity contribution in [2.75, 3.05) is 13.7 Å². The summed E-state index contributed by atoms with van der Waals surface area (Å²) in [5, 5.41) is 4.04. The molecule has 1 amide bonds. The Morgan fingerprint density at radius 2 is 1.81 bits per heavy atom. The van der Waals surface area contributed by atoms with E-state index in [0.29, 0.717) is 22.2 Å². The molecule has 2 aromatic carbocycles. The highest BCUT2D eigenvalue weighted by molar-refractivity contribution is 6.31. The molecule has 0 aliphatic heterocycles. The van der Waals surface area contributed by atoms with Crippen LogP contribution in [0.3, 0.4) is 0 Å². The van der Waals surface area contributed by atoms with E-state index in [9.17, 15) is 4.79 Å². The normalized spacial score (nSPS) is 12.0. The van der Waals surface area contributed by atoms with Crippen molar-refractivity contribution in [3.05, 3.63) is 69.7 Å². The van der Waals surface area contributed by atoms with Crippen molar-refractivity contribution in [2.45, 2.75) is 6.10 Å². The smallest absolute Gasteiger partial charge is 0.251 e. The van der Waals surface area contributed by atoms with Gasteiger partial charge in [0.2, 0.25) is 0 Å². The van der Waals surface area contributed by atoms with Crippen LogP contribution < -0.4 is 5.32 Å². The first-order valence-corrected chi connectivity index (χ1v) is 7.18. The van der Waals surface area contributed by atoms with Crippen LogP contribution in [0.4, 0.5) is 0 Å². The molecule has 0 radical (unpaired) electrons. The largest absolute Gasteiger partial charge is 0.375 e. The van der Waals surface area contributed by atoms with E-state index in [1.165, 1.54) is 0 Å². The molecule has 1 N–H and O–H groups in total. The second-order valence-electron chi connectivity index (χ2n) is 4.46. The van der Waals surface area contributed by atoms with E-state index in [1.807, 2.05) is 18.2 Å². The molecule has 2 rings (SSSR count). The number of rotatable bonds is 5. The summed E-state index contributed by atoms with van der Waals surface area (Å²) < 4.78 is 5.40. The van der Waals surface area contributed by atoms with Crippen LogP contribution in [0.1, 0.15) is 22.0 Å². The van der Waals surface area contributed by atoms with Gasteiger partial charge in [-0.1, -0.05) is 41.4 Å². The lowest BCUT2D eigenvalue weighted by Crippen LogP contribution is -2.29. The van der Waals surface area contributed by atoms with Crippen LogP contribution in [0, 0.1) is 0 Å². The van der Waals surface area contributed by atoms with Gasteiger partial charge in [-0.2, -0.15) is 0 Å². The predicted molar refractivity (Wildman–Crippen MR) is 85.0 cm³/mol. The molecule has 1 unspecified atom stereocenters. The lowest BCUT2D eigenvalue weighted by Gasteiger charge is -2.17. The van der Waals surface area contributed by atoms with Crippen LogP contribution in [0.25, 0.3) is 0 Å². The number of nitrogens with one attached hydrogen (secondary N) is 1. The van der Waals surface area contributed by atoms with Gasteiger partial charge in [-0.15, -0.1) is 0 Å². The summed E-state index contributed by atoms with van der Waals surface area (Å²) >= 11 is 11.9. The summed E-state index contributed by atoms with van der Waals surface area (Å²) in [6.07, 6.45) is -0.296. The molecule has 0 aliphatic rings. The maximum absolute atomic E-state index is 12.0. The molecule has 0 bridgehead atoms. The third-order valence-electron chi connectivity index (χ3n) is 3.09. The van der Waals surface area contributed by atoms with E-state index < -0.39 is 0 Å². The van der Waals surface area contributed by atoms with E-state index in [-0.39, 0.29) is 12.0 Å². The first kappa shape index (κ1) is 15.8. The summed E-state index contributed by atoms with van der Waals surface area (Å²) in [5.74, 6) is -0.180. The Hall–Kier alpha value is -1.55. The van der Waals surface area contributed by atoms with Gasteiger partial charge >= 0.3 is 0 Å². The molecule has 0 aliphatic carbocycles. The van der Waals surface area contributed by atoms with Crippen molar-refractivity contribution < 1.29 is 9.53 Å². The van der Waals surface area contributed by atoms with Gasteiger partial charge in [-0.05, 0) is 30.3 Å². The molecule has 110 valence electrons. The third-order valence-corrected chi connectivity index (χ3v) is 3.69. The molecule has 5 heteroatoms. The van der Waals surface area contributed by atoms with Crippen molar-refractivity contribution in [2.24, 2.45) is 0 Å². The lowest BCUT2D eigenvalue weighted by molar-refractivity contribution is 0.0828. The van der Waals surface area contributed by atoms with Gasteiger partial charge in [0.25, 0.3) is 5.91 Å². The van der Waals surface area contributed by atoms with Gasteiger partial charge in [0.05, 0.1) is 0 Å². The highest BCUT2D eigenvalue weighted by Gasteiger charge is 2.15. The van der Waals surface area contributed by atoms with Gasteiger partial charge in [-0.25, -0.2) is 0 Å². The summed E-state index contributed by atoms with van der Waals surface area (Å²) in [4.78, 5) is 12.0. The van der Waals surface area contributed by atoms with Crippen LogP contribution in [0.2, 0.25) is 10.0 Å². The average Bonchev–Trinajstić information content (AvgIpc) is 2.50. The van der Waals surface area contributed by atoms with E-state index in [4.69, 9.17) is 27.9 Å². The molecule has 1 atom stereocenters. The molecule has 0 heterocycles. The average molecular weight is 324 g/mol. The number of amides is 1. The van der Waals surface area contributed by atoms with Gasteiger partial charge in [0.1, 0.15) is 6.10 Å². The van der Waals surface area contributed by atoms with Gasteiger partial charge in [0.15, 0.2) is 0 Å². The highest BCUT2D eigenvalue weighted by Crippen LogP contribution is 2.24. The minimum Gasteiger partial charge on any atom is -0.375 e. The Bertz CT molecular complexity index is 614. The summed E-state index contributed by atoms with van der Waals surface area (Å²) in [6.45, 7) is 0.335. The molecular weight excluding hydrogens is 309 g/mol. The number of hydrogen-bond acceptors (Lipinski definition) is 2. The summed E-state index contributed by atoms with van der Waals surface area (Å²) in [7, 11) is 1.59. The van der Waals surface area contributed by atoms with E-state index in [1.54, 1.807) is 37.4 Å². The predicted octanol–water partition coefficient (Wildman–Crippen LogP) is 4.11. The molecular formula is C16H15Cl2NO2. The SMILES string of the molecule is COC(CNC(=O)c1ccc(Cl)cc1)c1ccccc1Cl. The first-order valence-electron chi connectivity index (χ1n) is 6.43. The minimum absolute atomic E-state index is 0.180. The summed E-state index contributed by atoms with van der Waals surface area (Å²) in [6, 6.07) is 14.1. The van der Waals surface area contributed by atoms with E-state index >= 15 is 0 Å². The van der Waals surface area contributed by atoms with Crippen LogP contribution >= 0.6 is 23.2 Å². The Kier molecular flexibility index (Phi) is 5.62. The monoisotopic (exact) mass is 323 g/mol. The Labute approximate surface area is 133 Å². The molecule has 0 fully saturated rings. The number of methoxy groups -OCH3 is 1. The number of hydrogen-bond donors (Lipinski definition) is 1. The van der Waals surface area contributed by atoms with Crippen LogP contribution in [0.15, 0.2) is 48.5 Å². The van der Waals surface area contributed by atoms with Crippen LogP contribution in [-0.4, -0.2) is 19.6 Å². The molecule has 0 aromatic heterocycles. The molecule has 21 heavy (non-hydrogen) atoms. The fourth-order valence-electron chi connectivity index (χ4n) is 1.95. The fraction of sp³-hybridized carbons (Fsp3) is 0.188. The Balaban J connectivity index is 2.02. The Morgan fingerprint density at radius 1 is 1.14 bits per heavy atom. The number of benzene rings is 2. The standard InChI is InChI=1S/C16H15Cl2NO2/c1-21-15(13-4-2-3-5-14(13)18)10-19-16(20)11-6-8-12(17)9-7-11/h2-9,15H,10H2,1H3,(H,19,20). The fourth-order valence-corrected chi connectivity index (χ4v) is 2.33. The first-order chi connectivity index (χ1) is 10.1. The number of halogens is 2. The number of carbonyl (C=O) groups excluding carboxylic acids is 1. The minimum atomic E-state index is -0.296. The molecule has 0 saturated carbocycles. The number of carbonyl (C=O) groups is 1. The van der Waals surface area contributed by atoms with Gasteiger partial charge in [0, 0.05) is 34.8 Å². The molecule has 0 saturated heterocycles. The number of ether oxygens (including phenoxy) is 1. The molecule has 0 spiro atoms. The van der Waals surface area contributed by atoms with Crippen molar-refractivity contribution in [3.8, 4) is 0 Å². The zero-order valence-electron chi connectivity index (χ0n) is 11.5. The Morgan fingerprint density at radius 3 is 2.43 bits per heavy atom. The van der Waals surface area contributed by atoms with Crippen molar-refractivity contribution in [3.63, 3.8) is 0 Å². The second kappa shape index (κ2) is 7.46. The van der Waals surface area contributed by atoms with Crippen molar-refractivity contribution >= 4 is 29.1 Å². The summed E-state index contributed by atoms with van der Waals surface area (Å²) in [5.41, 5.74) is 1.39. The van der Waals surface area contributed by atoms with Crippen LogP contribution in [-0.2, 0) is 4.74 Å². The van der Waals surface area contributed by atoms with Gasteiger partial charge < -0.3 is 10.1 Å². The van der Waals surface area contributed by atoms with E-state index in [2.05, 4.69) is 5.32 Å². The lowest BCUT2D eigenvalue weighted by atomic mass is 10.1. The van der Waals surface area contributed by atoms with Crippen molar-refractivity contribution in [1.29, 1.82) is 0 Å². The maximum Gasteiger partial charge on any atom is 0.251 e. The maximum atomic E-state index is 12.0. The van der Waals surface area contributed by atoms with Crippen molar-refractivity contribution in [1.82, 2.24) is 5.32 Å². The molecule has 3 nitrogen and oxygen atoms in total. The highest BCUT2D eigenvalue weighted by atomic mass is 35.5. The van der Waals surface area contributed by atoms with Crippen LogP contribution in [0.5, 0.6) is 0 Å². The zero-order valence-corrected chi connectivity index (χ0v) is 13.0. The molecule has 2 aromatic rings. The quantitative estimate of drug-likeness (QED) is 0.899.